The zero-order valence-electron chi connectivity index (χ0n) is 35.5. The van der Waals surface area contributed by atoms with Crippen LogP contribution in [0, 0.1) is 0 Å². The van der Waals surface area contributed by atoms with Gasteiger partial charge in [-0.2, -0.15) is 0 Å². The van der Waals surface area contributed by atoms with Crippen LogP contribution in [-0.4, -0.2) is 44.9 Å². The number of unbranched alkanes of at least 4 members (excludes halogenated alkanes) is 1. The SMILES string of the molecule is O=C(NCCCC[C@H](NCc1ccc(-c2ccccc2-c2nnnn2C(c2ccccc2)(c2ccccc2)c2ccccc2)cc1)C(=O)OCc1ccccc1)OCc1ccccc1. The van der Waals surface area contributed by atoms with Gasteiger partial charge in [-0.15, -0.1) is 5.10 Å². The van der Waals surface area contributed by atoms with Crippen LogP contribution in [0.15, 0.2) is 200 Å². The van der Waals surface area contributed by atoms with Crippen molar-refractivity contribution in [1.82, 2.24) is 30.8 Å². The summed E-state index contributed by atoms with van der Waals surface area (Å²) in [6.45, 7) is 1.27. The highest BCUT2D eigenvalue weighted by Crippen LogP contribution is 2.43. The van der Waals surface area contributed by atoms with E-state index in [0.29, 0.717) is 38.2 Å². The zero-order valence-corrected chi connectivity index (χ0v) is 35.5. The fourth-order valence-corrected chi connectivity index (χ4v) is 8.03. The summed E-state index contributed by atoms with van der Waals surface area (Å²) in [7, 11) is 0. The maximum absolute atomic E-state index is 13.5. The minimum Gasteiger partial charge on any atom is -0.460 e. The molecule has 0 spiro atoms. The molecule has 2 N–H and O–H groups in total. The lowest BCUT2D eigenvalue weighted by Gasteiger charge is -2.36. The molecule has 1 aromatic heterocycles. The van der Waals surface area contributed by atoms with Crippen LogP contribution >= 0.6 is 0 Å². The Bertz CT molecular complexity index is 2580. The third-order valence-electron chi connectivity index (χ3n) is 11.3. The van der Waals surface area contributed by atoms with Crippen LogP contribution in [0.4, 0.5) is 4.79 Å². The van der Waals surface area contributed by atoms with Gasteiger partial charge in [0.05, 0.1) is 0 Å². The summed E-state index contributed by atoms with van der Waals surface area (Å²) in [6.07, 6.45) is 1.42. The molecule has 0 saturated carbocycles. The van der Waals surface area contributed by atoms with Gasteiger partial charge in [0.1, 0.15) is 24.8 Å². The van der Waals surface area contributed by atoms with Crippen molar-refractivity contribution in [2.75, 3.05) is 6.54 Å². The molecule has 10 nitrogen and oxygen atoms in total. The van der Waals surface area contributed by atoms with Gasteiger partial charge in [-0.25, -0.2) is 9.48 Å². The number of nitrogens with one attached hydrogen (secondary N) is 2. The van der Waals surface area contributed by atoms with E-state index in [1.54, 1.807) is 0 Å². The van der Waals surface area contributed by atoms with Gasteiger partial charge in [0.15, 0.2) is 5.82 Å². The number of carbonyl (C=O) groups excluding carboxylic acids is 2. The molecule has 8 aromatic rings. The first-order chi connectivity index (χ1) is 31.6. The van der Waals surface area contributed by atoms with Gasteiger partial charge in [0.25, 0.3) is 0 Å². The lowest BCUT2D eigenvalue weighted by atomic mass is 9.77. The molecule has 0 saturated heterocycles. The van der Waals surface area contributed by atoms with E-state index in [2.05, 4.69) is 88.6 Å². The molecule has 0 bridgehead atoms. The number of hydrogen-bond donors (Lipinski definition) is 2. The predicted molar refractivity (Wildman–Crippen MR) is 249 cm³/mol. The van der Waals surface area contributed by atoms with E-state index in [1.807, 2.05) is 132 Å². The maximum atomic E-state index is 13.5. The van der Waals surface area contributed by atoms with Crippen molar-refractivity contribution in [3.63, 3.8) is 0 Å². The van der Waals surface area contributed by atoms with E-state index in [4.69, 9.17) is 19.8 Å². The summed E-state index contributed by atoms with van der Waals surface area (Å²) in [5.74, 6) is 0.300. The van der Waals surface area contributed by atoms with E-state index in [9.17, 15) is 9.59 Å². The second-order valence-electron chi connectivity index (χ2n) is 15.5. The molecule has 1 heterocycles. The Hall–Kier alpha value is -7.69. The standard InChI is InChI=1S/C54H50N6O4/c61-52(63-39-42-20-6-1-7-21-42)50(32-18-19-37-55-53(62)64-40-43-22-8-2-9-23-43)56-38-41-33-35-44(36-34-41)48-30-16-17-31-49(48)51-57-58-59-60(51)54(45-24-10-3-11-25-45,46-26-12-4-13-27-46)47-28-14-5-15-29-47/h1-17,20-31,33-36,50,56H,18-19,32,37-40H2,(H,55,62)/t50-/m0/s1. The first kappa shape index (κ1) is 43.0. The lowest BCUT2D eigenvalue weighted by Crippen LogP contribution is -2.39. The number of benzene rings is 7. The fraction of sp³-hybridized carbons (Fsp3) is 0.167. The second-order valence-corrected chi connectivity index (χ2v) is 15.5. The summed E-state index contributed by atoms with van der Waals surface area (Å²) in [5, 5.41) is 20.1. The quantitative estimate of drug-likeness (QED) is 0.0469. The molecule has 0 fully saturated rings. The second kappa shape index (κ2) is 21.4. The summed E-state index contributed by atoms with van der Waals surface area (Å²) < 4.78 is 13.1. The normalized spacial score (nSPS) is 11.7. The molecule has 10 heteroatoms. The molecule has 0 radical (unpaired) electrons. The zero-order chi connectivity index (χ0) is 43.8. The molecule has 320 valence electrons. The number of hydrogen-bond acceptors (Lipinski definition) is 8. The third-order valence-corrected chi connectivity index (χ3v) is 11.3. The minimum absolute atomic E-state index is 0.188. The van der Waals surface area contributed by atoms with Crippen LogP contribution in [0.2, 0.25) is 0 Å². The van der Waals surface area contributed by atoms with Crippen molar-refractivity contribution in [2.45, 2.75) is 50.6 Å². The van der Waals surface area contributed by atoms with Crippen LogP contribution in [0.5, 0.6) is 0 Å². The Labute approximate surface area is 373 Å². The first-order valence-corrected chi connectivity index (χ1v) is 21.6. The predicted octanol–water partition coefficient (Wildman–Crippen LogP) is 10.1. The van der Waals surface area contributed by atoms with Crippen molar-refractivity contribution in [3.8, 4) is 22.5 Å². The molecule has 1 amide bonds. The third kappa shape index (κ3) is 10.3. The number of rotatable bonds is 19. The molecule has 0 aliphatic rings. The lowest BCUT2D eigenvalue weighted by molar-refractivity contribution is -0.147. The minimum atomic E-state index is -0.894. The van der Waals surface area contributed by atoms with Gasteiger partial charge >= 0.3 is 12.1 Å². The highest BCUT2D eigenvalue weighted by atomic mass is 16.5. The van der Waals surface area contributed by atoms with E-state index in [1.165, 1.54) is 0 Å². The Morgan fingerprint density at radius 2 is 1.05 bits per heavy atom. The number of aromatic nitrogens is 4. The largest absolute Gasteiger partial charge is 0.460 e. The van der Waals surface area contributed by atoms with Gasteiger partial charge in [0, 0.05) is 18.7 Å². The number of tetrazole rings is 1. The maximum Gasteiger partial charge on any atom is 0.407 e. The Morgan fingerprint density at radius 1 is 0.547 bits per heavy atom. The van der Waals surface area contributed by atoms with Crippen molar-refractivity contribution >= 4 is 12.1 Å². The van der Waals surface area contributed by atoms with Crippen LogP contribution in [0.3, 0.4) is 0 Å². The molecule has 1 atom stereocenters. The summed E-state index contributed by atoms with van der Waals surface area (Å²) in [4.78, 5) is 25.8. The van der Waals surface area contributed by atoms with Crippen molar-refractivity contribution in [1.29, 1.82) is 0 Å². The Kier molecular flexibility index (Phi) is 14.4. The Morgan fingerprint density at radius 3 is 1.61 bits per heavy atom. The van der Waals surface area contributed by atoms with Crippen molar-refractivity contribution in [2.24, 2.45) is 0 Å². The fourth-order valence-electron chi connectivity index (χ4n) is 8.03. The van der Waals surface area contributed by atoms with Crippen LogP contribution < -0.4 is 10.6 Å². The summed E-state index contributed by atoms with van der Waals surface area (Å²) in [5.41, 5.74) is 7.87. The number of carbonyl (C=O) groups is 2. The van der Waals surface area contributed by atoms with Crippen LogP contribution in [0.1, 0.15) is 52.6 Å². The van der Waals surface area contributed by atoms with Crippen molar-refractivity contribution in [3.05, 3.63) is 234 Å². The number of esters is 1. The van der Waals surface area contributed by atoms with E-state index in [-0.39, 0.29) is 19.2 Å². The van der Waals surface area contributed by atoms with E-state index in [0.717, 1.165) is 50.1 Å². The molecule has 8 rings (SSSR count). The topological polar surface area (TPSA) is 120 Å². The van der Waals surface area contributed by atoms with Gasteiger partial charge in [-0.1, -0.05) is 200 Å². The highest BCUT2D eigenvalue weighted by Gasteiger charge is 2.42. The monoisotopic (exact) mass is 846 g/mol. The average molecular weight is 847 g/mol. The molecular weight excluding hydrogens is 797 g/mol. The molecule has 0 unspecified atom stereocenters. The number of ether oxygens (including phenoxy) is 2. The highest BCUT2D eigenvalue weighted by molar-refractivity contribution is 5.81. The molecule has 0 aliphatic heterocycles. The van der Waals surface area contributed by atoms with Gasteiger partial charge in [0.2, 0.25) is 0 Å². The molecule has 0 aliphatic carbocycles. The van der Waals surface area contributed by atoms with Crippen molar-refractivity contribution < 1.29 is 19.1 Å². The van der Waals surface area contributed by atoms with Gasteiger partial charge < -0.3 is 20.1 Å². The number of nitrogens with zero attached hydrogens (tertiary/aromatic N) is 4. The summed E-state index contributed by atoms with van der Waals surface area (Å²) in [6, 6.07) is 66.3. The molecular formula is C54H50N6O4. The van der Waals surface area contributed by atoms with E-state index >= 15 is 0 Å². The number of alkyl carbamates (subject to hydrolysis) is 1. The average Bonchev–Trinajstić information content (AvgIpc) is 3.85. The van der Waals surface area contributed by atoms with Gasteiger partial charge in [-0.05, 0) is 74.2 Å². The smallest absolute Gasteiger partial charge is 0.407 e. The van der Waals surface area contributed by atoms with Crippen LogP contribution in [-0.2, 0) is 39.6 Å². The van der Waals surface area contributed by atoms with Crippen LogP contribution in [0.25, 0.3) is 22.5 Å². The molecule has 7 aromatic carbocycles. The number of amides is 1. The first-order valence-electron chi connectivity index (χ1n) is 21.6. The summed E-state index contributed by atoms with van der Waals surface area (Å²) >= 11 is 0. The van der Waals surface area contributed by atoms with Gasteiger partial charge in [-0.3, -0.25) is 4.79 Å². The Balaban J connectivity index is 0.990. The van der Waals surface area contributed by atoms with E-state index < -0.39 is 17.7 Å². The molecule has 64 heavy (non-hydrogen) atoms.